The topological polar surface area (TPSA) is 61.8 Å². The lowest BCUT2D eigenvalue weighted by Crippen LogP contribution is -2.40. The molecule has 0 unspecified atom stereocenters. The number of benzene rings is 1. The molecule has 5 heteroatoms. The predicted molar refractivity (Wildman–Crippen MR) is 73.0 cm³/mol. The van der Waals surface area contributed by atoms with Crippen molar-refractivity contribution in [1.29, 1.82) is 0 Å². The largest absolute Gasteiger partial charge is 0.394 e. The van der Waals surface area contributed by atoms with Crippen LogP contribution in [0.2, 0.25) is 0 Å². The number of amides is 2. The van der Waals surface area contributed by atoms with Gasteiger partial charge in [0.1, 0.15) is 0 Å². The van der Waals surface area contributed by atoms with Gasteiger partial charge in [-0.15, -0.1) is 0 Å². The number of likely N-dealkylation sites (tertiary alicyclic amines) is 1. The number of urea groups is 1. The molecule has 0 aromatic heterocycles. The van der Waals surface area contributed by atoms with Crippen LogP contribution in [-0.2, 0) is 11.3 Å². The van der Waals surface area contributed by atoms with Crippen LogP contribution in [0.5, 0.6) is 0 Å². The minimum Gasteiger partial charge on any atom is -0.394 e. The Kier molecular flexibility index (Phi) is 4.76. The molecule has 1 atom stereocenters. The van der Waals surface area contributed by atoms with Crippen molar-refractivity contribution >= 4 is 11.7 Å². The number of nitrogens with zero attached hydrogens (tertiary/aromatic N) is 1. The average molecular weight is 264 g/mol. The smallest absolute Gasteiger partial charge is 0.322 e. The van der Waals surface area contributed by atoms with Crippen LogP contribution in [0.3, 0.4) is 0 Å². The number of carbonyl (C=O) groups excluding carboxylic acids is 1. The normalized spacial score (nSPS) is 18.6. The van der Waals surface area contributed by atoms with Gasteiger partial charge in [0, 0.05) is 24.9 Å². The van der Waals surface area contributed by atoms with Crippen LogP contribution < -0.4 is 5.32 Å². The van der Waals surface area contributed by atoms with Gasteiger partial charge in [-0.3, -0.25) is 0 Å². The first kappa shape index (κ1) is 13.8. The molecule has 5 nitrogen and oxygen atoms in total. The molecule has 2 amide bonds. The number of carbonyl (C=O) groups is 1. The number of hydrogen-bond acceptors (Lipinski definition) is 3. The van der Waals surface area contributed by atoms with E-state index in [9.17, 15) is 9.90 Å². The SMILES string of the molecule is COCc1ccccc1NC(=O)N1CCC[C@H]1CO. The zero-order valence-electron chi connectivity index (χ0n) is 11.1. The van der Waals surface area contributed by atoms with Gasteiger partial charge in [-0.1, -0.05) is 18.2 Å². The number of anilines is 1. The van der Waals surface area contributed by atoms with Gasteiger partial charge in [0.25, 0.3) is 0 Å². The van der Waals surface area contributed by atoms with E-state index in [1.54, 1.807) is 12.0 Å². The summed E-state index contributed by atoms with van der Waals surface area (Å²) >= 11 is 0. The molecule has 1 saturated heterocycles. The second-order valence-electron chi connectivity index (χ2n) is 4.69. The summed E-state index contributed by atoms with van der Waals surface area (Å²) in [6, 6.07) is 7.36. The quantitative estimate of drug-likeness (QED) is 0.872. The number of aliphatic hydroxyl groups is 1. The number of para-hydroxylation sites is 1. The lowest BCUT2D eigenvalue weighted by Gasteiger charge is -2.24. The zero-order chi connectivity index (χ0) is 13.7. The van der Waals surface area contributed by atoms with Crippen LogP contribution in [0.1, 0.15) is 18.4 Å². The fourth-order valence-corrected chi connectivity index (χ4v) is 2.40. The summed E-state index contributed by atoms with van der Waals surface area (Å²) in [6.45, 7) is 1.18. The van der Waals surface area contributed by atoms with Crippen molar-refractivity contribution in [2.45, 2.75) is 25.5 Å². The van der Waals surface area contributed by atoms with Crippen LogP contribution in [-0.4, -0.2) is 42.3 Å². The van der Waals surface area contributed by atoms with Crippen LogP contribution in [0, 0.1) is 0 Å². The van der Waals surface area contributed by atoms with Gasteiger partial charge in [-0.25, -0.2) is 4.79 Å². The molecule has 1 aromatic carbocycles. The molecular weight excluding hydrogens is 244 g/mol. The van der Waals surface area contributed by atoms with Crippen LogP contribution in [0.4, 0.5) is 10.5 Å². The molecule has 0 aliphatic carbocycles. The fraction of sp³-hybridized carbons (Fsp3) is 0.500. The average Bonchev–Trinajstić information content (AvgIpc) is 2.89. The van der Waals surface area contributed by atoms with Crippen molar-refractivity contribution in [2.75, 3.05) is 25.6 Å². The highest BCUT2D eigenvalue weighted by Gasteiger charge is 2.28. The van der Waals surface area contributed by atoms with Gasteiger partial charge >= 0.3 is 6.03 Å². The number of methoxy groups -OCH3 is 1. The van der Waals surface area contributed by atoms with Crippen molar-refractivity contribution in [3.8, 4) is 0 Å². The maximum absolute atomic E-state index is 12.2. The van der Waals surface area contributed by atoms with Gasteiger partial charge in [-0.2, -0.15) is 0 Å². The van der Waals surface area contributed by atoms with Gasteiger partial charge in [0.15, 0.2) is 0 Å². The first-order chi connectivity index (χ1) is 9.26. The Morgan fingerprint density at radius 3 is 3.05 bits per heavy atom. The van der Waals surface area contributed by atoms with Crippen LogP contribution >= 0.6 is 0 Å². The molecule has 1 heterocycles. The van der Waals surface area contributed by atoms with E-state index >= 15 is 0 Å². The first-order valence-electron chi connectivity index (χ1n) is 6.51. The third kappa shape index (κ3) is 3.24. The molecule has 0 saturated carbocycles. The molecule has 0 radical (unpaired) electrons. The highest BCUT2D eigenvalue weighted by molar-refractivity contribution is 5.90. The number of rotatable bonds is 4. The lowest BCUT2D eigenvalue weighted by molar-refractivity contribution is 0.166. The highest BCUT2D eigenvalue weighted by atomic mass is 16.5. The Morgan fingerprint density at radius 1 is 1.53 bits per heavy atom. The number of ether oxygens (including phenoxy) is 1. The van der Waals surface area contributed by atoms with Crippen molar-refractivity contribution in [3.05, 3.63) is 29.8 Å². The Hall–Kier alpha value is -1.59. The third-order valence-corrected chi connectivity index (χ3v) is 3.41. The van der Waals surface area contributed by atoms with E-state index in [1.165, 1.54) is 0 Å². The van der Waals surface area contributed by atoms with Crippen LogP contribution in [0.15, 0.2) is 24.3 Å². The second kappa shape index (κ2) is 6.54. The van der Waals surface area contributed by atoms with Crippen molar-refractivity contribution in [1.82, 2.24) is 4.90 Å². The van der Waals surface area contributed by atoms with Gasteiger partial charge in [-0.05, 0) is 18.9 Å². The maximum Gasteiger partial charge on any atom is 0.322 e. The van der Waals surface area contributed by atoms with Gasteiger partial charge in [0.2, 0.25) is 0 Å². The first-order valence-corrected chi connectivity index (χ1v) is 6.51. The molecule has 104 valence electrons. The third-order valence-electron chi connectivity index (χ3n) is 3.41. The Morgan fingerprint density at radius 2 is 2.32 bits per heavy atom. The summed E-state index contributed by atoms with van der Waals surface area (Å²) in [5.74, 6) is 0. The number of hydrogen-bond donors (Lipinski definition) is 2. The van der Waals surface area contributed by atoms with Crippen molar-refractivity contribution < 1.29 is 14.6 Å². The standard InChI is InChI=1S/C14H20N2O3/c1-19-10-11-5-2-3-7-13(11)15-14(18)16-8-4-6-12(16)9-17/h2-3,5,7,12,17H,4,6,8-10H2,1H3,(H,15,18)/t12-/m0/s1. The highest BCUT2D eigenvalue weighted by Crippen LogP contribution is 2.20. The van der Waals surface area contributed by atoms with E-state index in [2.05, 4.69) is 5.32 Å². The number of aliphatic hydroxyl groups excluding tert-OH is 1. The Balaban J connectivity index is 2.06. The van der Waals surface area contributed by atoms with Crippen molar-refractivity contribution in [3.63, 3.8) is 0 Å². The van der Waals surface area contributed by atoms with E-state index in [-0.39, 0.29) is 18.7 Å². The second-order valence-corrected chi connectivity index (χ2v) is 4.69. The lowest BCUT2D eigenvalue weighted by atomic mass is 10.2. The molecule has 2 N–H and O–H groups in total. The molecule has 2 rings (SSSR count). The molecule has 1 aliphatic heterocycles. The zero-order valence-corrected chi connectivity index (χ0v) is 11.1. The van der Waals surface area contributed by atoms with E-state index in [0.29, 0.717) is 13.2 Å². The minimum atomic E-state index is -0.153. The summed E-state index contributed by atoms with van der Waals surface area (Å²) in [7, 11) is 1.63. The Labute approximate surface area is 113 Å². The molecule has 19 heavy (non-hydrogen) atoms. The molecule has 1 aromatic rings. The molecule has 1 fully saturated rings. The minimum absolute atomic E-state index is 0.0210. The summed E-state index contributed by atoms with van der Waals surface area (Å²) in [5.41, 5.74) is 1.70. The summed E-state index contributed by atoms with van der Waals surface area (Å²) < 4.78 is 5.11. The van der Waals surface area contributed by atoms with Crippen LogP contribution in [0.25, 0.3) is 0 Å². The monoisotopic (exact) mass is 264 g/mol. The molecule has 0 bridgehead atoms. The summed E-state index contributed by atoms with van der Waals surface area (Å²) in [4.78, 5) is 13.9. The maximum atomic E-state index is 12.2. The van der Waals surface area contributed by atoms with Gasteiger partial charge < -0.3 is 20.1 Å². The summed E-state index contributed by atoms with van der Waals surface area (Å²) in [5, 5.41) is 12.1. The van der Waals surface area contributed by atoms with E-state index in [4.69, 9.17) is 4.74 Å². The summed E-state index contributed by atoms with van der Waals surface area (Å²) in [6.07, 6.45) is 1.81. The van der Waals surface area contributed by atoms with Gasteiger partial charge in [0.05, 0.1) is 19.3 Å². The Bertz CT molecular complexity index is 436. The molecule has 0 spiro atoms. The fourth-order valence-electron chi connectivity index (χ4n) is 2.40. The van der Waals surface area contributed by atoms with E-state index in [0.717, 1.165) is 24.1 Å². The number of nitrogens with one attached hydrogen (secondary N) is 1. The molecular formula is C14H20N2O3. The molecule has 1 aliphatic rings. The van der Waals surface area contributed by atoms with E-state index in [1.807, 2.05) is 24.3 Å². The van der Waals surface area contributed by atoms with E-state index < -0.39 is 0 Å². The van der Waals surface area contributed by atoms with Crippen molar-refractivity contribution in [2.24, 2.45) is 0 Å². The predicted octanol–water partition coefficient (Wildman–Crippen LogP) is 1.82.